The van der Waals surface area contributed by atoms with Crippen molar-refractivity contribution in [2.75, 3.05) is 0 Å². The highest BCUT2D eigenvalue weighted by molar-refractivity contribution is 6.33. The molecule has 0 N–H and O–H groups in total. The molecule has 34 heavy (non-hydrogen) atoms. The van der Waals surface area contributed by atoms with Crippen LogP contribution in [0.1, 0.15) is 43.2 Å². The van der Waals surface area contributed by atoms with Crippen LogP contribution in [0.15, 0.2) is 58.1 Å². The van der Waals surface area contributed by atoms with Crippen molar-refractivity contribution in [2.45, 2.75) is 27.1 Å². The lowest BCUT2D eigenvalue weighted by Crippen LogP contribution is -2.23. The summed E-state index contributed by atoms with van der Waals surface area (Å²) in [5, 5.41) is 0.447. The van der Waals surface area contributed by atoms with E-state index in [9.17, 15) is 19.2 Å². The molecule has 0 bridgehead atoms. The monoisotopic (exact) mass is 500 g/mol. The van der Waals surface area contributed by atoms with Gasteiger partial charge in [0.05, 0.1) is 32.6 Å². The number of rotatable bonds is 6. The molecule has 2 heterocycles. The highest BCUT2D eigenvalue weighted by atomic mass is 35.5. The molecule has 0 amide bonds. The highest BCUT2D eigenvalue weighted by Crippen LogP contribution is 2.20. The number of halogens is 2. The maximum atomic E-state index is 12.8. The maximum Gasteiger partial charge on any atom is 0.340 e. The van der Waals surface area contributed by atoms with Gasteiger partial charge in [-0.1, -0.05) is 47.5 Å². The number of aromatic nitrogens is 2. The van der Waals surface area contributed by atoms with Crippen molar-refractivity contribution < 1.29 is 19.1 Å². The Morgan fingerprint density at radius 3 is 1.47 bits per heavy atom. The van der Waals surface area contributed by atoms with E-state index in [1.165, 1.54) is 30.5 Å². The number of esters is 2. The number of hydrogen-bond acceptors (Lipinski definition) is 6. The number of carbonyl (C=O) groups excluding carboxylic acids is 2. The number of nitrogens with zero attached hydrogens (tertiary/aromatic N) is 2. The average Bonchev–Trinajstić information content (AvgIpc) is 3.21. The lowest BCUT2D eigenvalue weighted by atomic mass is 10.2. The van der Waals surface area contributed by atoms with Gasteiger partial charge < -0.3 is 9.47 Å². The Kier molecular flexibility index (Phi) is 6.45. The van der Waals surface area contributed by atoms with E-state index in [1.807, 2.05) is 0 Å². The van der Waals surface area contributed by atoms with E-state index in [4.69, 9.17) is 32.7 Å². The second kappa shape index (κ2) is 9.32. The largest absolute Gasteiger partial charge is 0.456 e. The first-order valence-electron chi connectivity index (χ1n) is 10.1. The number of fused-ring (bicyclic) bond motifs is 1. The topological polar surface area (TPSA) is 95.6 Å². The summed E-state index contributed by atoms with van der Waals surface area (Å²) in [7, 11) is 0. The Hall–Kier alpha value is -3.62. The summed E-state index contributed by atoms with van der Waals surface area (Å²) in [4.78, 5) is 50.5. The zero-order valence-electron chi connectivity index (χ0n) is 18.1. The van der Waals surface area contributed by atoms with E-state index < -0.39 is 23.1 Å². The zero-order chi connectivity index (χ0) is 24.6. The fourth-order valence-electron chi connectivity index (χ4n) is 3.58. The van der Waals surface area contributed by atoms with Gasteiger partial charge >= 0.3 is 11.9 Å². The molecule has 0 fully saturated rings. The number of benzene rings is 2. The van der Waals surface area contributed by atoms with Crippen LogP contribution in [0, 0.1) is 13.8 Å². The van der Waals surface area contributed by atoms with Gasteiger partial charge in [0.1, 0.15) is 13.2 Å². The molecule has 4 rings (SSSR count). The second-order valence-corrected chi connectivity index (χ2v) is 8.30. The second-order valence-electron chi connectivity index (χ2n) is 7.49. The van der Waals surface area contributed by atoms with Crippen LogP contribution in [0.25, 0.3) is 0 Å². The minimum Gasteiger partial charge on any atom is -0.456 e. The molecule has 0 unspecified atom stereocenters. The maximum absolute atomic E-state index is 12.8. The van der Waals surface area contributed by atoms with Gasteiger partial charge in [-0.15, -0.1) is 0 Å². The third-order valence-corrected chi connectivity index (χ3v) is 6.13. The molecule has 0 saturated carbocycles. The van der Waals surface area contributed by atoms with Gasteiger partial charge in [0.25, 0.3) is 11.1 Å². The fourth-order valence-corrected chi connectivity index (χ4v) is 4.00. The van der Waals surface area contributed by atoms with E-state index in [0.29, 0.717) is 0 Å². The number of carbonyl (C=O) groups is 2. The van der Waals surface area contributed by atoms with Gasteiger partial charge in [0, 0.05) is 11.1 Å². The van der Waals surface area contributed by atoms with Gasteiger partial charge in [0.2, 0.25) is 0 Å². The summed E-state index contributed by atoms with van der Waals surface area (Å²) in [5.41, 5.74) is 0.230. The van der Waals surface area contributed by atoms with Crippen LogP contribution in [0.3, 0.4) is 0 Å². The van der Waals surface area contributed by atoms with Crippen LogP contribution in [0.2, 0.25) is 10.0 Å². The SMILES string of the molecule is Cc1c(COC(=O)c2ccccc2Cl)n2c(COC(=O)c3ccccc3Cl)c(C)c(=O)n2c1=O. The molecule has 0 aliphatic carbocycles. The minimum atomic E-state index is -0.685. The lowest BCUT2D eigenvalue weighted by molar-refractivity contribution is 0.0459. The quantitative estimate of drug-likeness (QED) is 0.373. The summed E-state index contributed by atoms with van der Waals surface area (Å²) in [5.74, 6) is -1.37. The van der Waals surface area contributed by atoms with E-state index in [0.717, 1.165) is 4.52 Å². The predicted octanol–water partition coefficient (Wildman–Crippen LogP) is 3.83. The number of ether oxygens (including phenoxy) is 2. The van der Waals surface area contributed by atoms with Crippen molar-refractivity contribution in [3.05, 3.63) is 113 Å². The van der Waals surface area contributed by atoms with Crippen molar-refractivity contribution in [3.63, 3.8) is 0 Å². The van der Waals surface area contributed by atoms with Crippen molar-refractivity contribution in [1.29, 1.82) is 0 Å². The zero-order valence-corrected chi connectivity index (χ0v) is 19.6. The molecule has 0 aliphatic rings. The summed E-state index contributed by atoms with van der Waals surface area (Å²) < 4.78 is 13.0. The molecule has 2 aromatic heterocycles. The molecule has 0 radical (unpaired) electrons. The Morgan fingerprint density at radius 1 is 0.706 bits per heavy atom. The van der Waals surface area contributed by atoms with Crippen molar-refractivity contribution in [3.8, 4) is 0 Å². The Bertz CT molecular complexity index is 1430. The third-order valence-electron chi connectivity index (χ3n) is 5.47. The van der Waals surface area contributed by atoms with Crippen LogP contribution in [-0.2, 0) is 22.7 Å². The van der Waals surface area contributed by atoms with E-state index in [1.54, 1.807) is 36.4 Å². The van der Waals surface area contributed by atoms with Crippen molar-refractivity contribution in [2.24, 2.45) is 0 Å². The third kappa shape index (κ3) is 4.06. The highest BCUT2D eigenvalue weighted by Gasteiger charge is 2.25. The molecular formula is C24H18Cl2N2O6. The Morgan fingerprint density at radius 2 is 1.09 bits per heavy atom. The van der Waals surface area contributed by atoms with E-state index >= 15 is 0 Å². The van der Waals surface area contributed by atoms with Crippen LogP contribution < -0.4 is 11.1 Å². The van der Waals surface area contributed by atoms with Crippen molar-refractivity contribution >= 4 is 35.1 Å². The average molecular weight is 501 g/mol. The van der Waals surface area contributed by atoms with Gasteiger partial charge in [-0.3, -0.25) is 9.59 Å². The molecule has 4 aromatic rings. The lowest BCUT2D eigenvalue weighted by Gasteiger charge is -2.10. The summed E-state index contributed by atoms with van der Waals surface area (Å²) in [6.07, 6.45) is 0. The summed E-state index contributed by atoms with van der Waals surface area (Å²) >= 11 is 12.1. The summed E-state index contributed by atoms with van der Waals surface area (Å²) in [6, 6.07) is 12.8. The van der Waals surface area contributed by atoms with Gasteiger partial charge in [-0.25, -0.2) is 14.1 Å². The van der Waals surface area contributed by atoms with E-state index in [2.05, 4.69) is 0 Å². The van der Waals surface area contributed by atoms with Gasteiger partial charge in [-0.2, -0.15) is 4.52 Å². The predicted molar refractivity (Wildman–Crippen MR) is 125 cm³/mol. The van der Waals surface area contributed by atoms with Crippen LogP contribution >= 0.6 is 23.2 Å². The first kappa shape index (κ1) is 23.5. The molecule has 0 spiro atoms. The number of hydrogen-bond donors (Lipinski definition) is 0. The molecule has 174 valence electrons. The first-order chi connectivity index (χ1) is 16.2. The first-order valence-corrected chi connectivity index (χ1v) is 10.9. The Labute approximate surface area is 203 Å². The van der Waals surface area contributed by atoms with E-state index in [-0.39, 0.29) is 56.9 Å². The van der Waals surface area contributed by atoms with Gasteiger partial charge in [0.15, 0.2) is 0 Å². The molecule has 0 atom stereocenters. The van der Waals surface area contributed by atoms with Crippen molar-refractivity contribution in [1.82, 2.24) is 9.03 Å². The standard InChI is InChI=1S/C24H18Cl2N2O6/c1-13-19(11-33-23(31)15-7-3-5-9-17(15)25)27-20(14(2)22(30)28(27)21(13)29)12-34-24(32)16-8-4-6-10-18(16)26/h3-10H,11-12H2,1-2H3. The van der Waals surface area contributed by atoms with Crippen LogP contribution in [0.4, 0.5) is 0 Å². The molecule has 2 aromatic carbocycles. The normalized spacial score (nSPS) is 11.1. The molecule has 8 nitrogen and oxygen atoms in total. The minimum absolute atomic E-state index is 0.168. The molecule has 0 saturated heterocycles. The Balaban J connectivity index is 1.67. The molecule has 0 aliphatic heterocycles. The van der Waals surface area contributed by atoms with Gasteiger partial charge in [-0.05, 0) is 38.1 Å². The molecule has 10 heteroatoms. The van der Waals surface area contributed by atoms with Crippen LogP contribution in [-0.4, -0.2) is 21.0 Å². The smallest absolute Gasteiger partial charge is 0.340 e. The van der Waals surface area contributed by atoms with Crippen LogP contribution in [0.5, 0.6) is 0 Å². The fraction of sp³-hybridized carbons (Fsp3) is 0.167. The molecular weight excluding hydrogens is 483 g/mol. The summed E-state index contributed by atoms with van der Waals surface area (Å²) in [6.45, 7) is 2.44.